The van der Waals surface area contributed by atoms with Crippen LogP contribution in [0, 0.1) is 0 Å². The highest BCUT2D eigenvalue weighted by molar-refractivity contribution is 8.00. The van der Waals surface area contributed by atoms with Crippen molar-refractivity contribution >= 4 is 28.7 Å². The van der Waals surface area contributed by atoms with Crippen LogP contribution >= 0.6 is 11.8 Å². The molecule has 1 aliphatic heterocycles. The third kappa shape index (κ3) is 2.63. The van der Waals surface area contributed by atoms with E-state index in [1.54, 1.807) is 18.9 Å². The van der Waals surface area contributed by atoms with Crippen LogP contribution in [-0.2, 0) is 11.3 Å². The van der Waals surface area contributed by atoms with Crippen LogP contribution in [0.25, 0.3) is 11.0 Å². The number of para-hydroxylation sites is 3. The van der Waals surface area contributed by atoms with Gasteiger partial charge in [-0.1, -0.05) is 30.3 Å². The monoisotopic (exact) mass is 339 g/mol. The van der Waals surface area contributed by atoms with Gasteiger partial charge in [-0.3, -0.25) is 4.79 Å². The Morgan fingerprint density at radius 2 is 2.04 bits per heavy atom. The van der Waals surface area contributed by atoms with Gasteiger partial charge in [-0.05, 0) is 18.2 Å². The summed E-state index contributed by atoms with van der Waals surface area (Å²) in [6.07, 6.45) is 0. The highest BCUT2D eigenvalue weighted by Gasteiger charge is 2.34. The van der Waals surface area contributed by atoms with Gasteiger partial charge in [-0.25, -0.2) is 4.98 Å². The minimum absolute atomic E-state index is 0.0538. The Hall–Kier alpha value is -2.47. The number of amides is 1. The van der Waals surface area contributed by atoms with E-state index < -0.39 is 0 Å². The molecule has 1 N–H and O–H groups in total. The fourth-order valence-electron chi connectivity index (χ4n) is 2.99. The Morgan fingerprint density at radius 3 is 2.88 bits per heavy atom. The molecule has 5 nitrogen and oxygen atoms in total. The quantitative estimate of drug-likeness (QED) is 0.792. The number of methoxy groups -OCH3 is 1. The lowest BCUT2D eigenvalue weighted by atomic mass is 10.2. The van der Waals surface area contributed by atoms with Crippen LogP contribution in [0.1, 0.15) is 16.8 Å². The van der Waals surface area contributed by atoms with Gasteiger partial charge in [0.05, 0.1) is 30.4 Å². The maximum absolute atomic E-state index is 12.4. The van der Waals surface area contributed by atoms with Crippen molar-refractivity contribution in [2.75, 3.05) is 12.9 Å². The topological polar surface area (TPSA) is 58.2 Å². The maximum Gasteiger partial charge on any atom is 0.234 e. The number of nitrogens with zero attached hydrogens (tertiary/aromatic N) is 2. The molecular formula is C18H17N3O2S. The van der Waals surface area contributed by atoms with E-state index in [2.05, 4.69) is 9.97 Å². The number of aromatic nitrogens is 2. The predicted octanol–water partition coefficient (Wildman–Crippen LogP) is 3.35. The number of nitrogens with one attached hydrogen (secondary N) is 1. The van der Waals surface area contributed by atoms with Gasteiger partial charge in [0.25, 0.3) is 0 Å². The molecule has 3 aromatic rings. The summed E-state index contributed by atoms with van der Waals surface area (Å²) in [4.78, 5) is 22.2. The smallest absolute Gasteiger partial charge is 0.234 e. The van der Waals surface area contributed by atoms with Gasteiger partial charge >= 0.3 is 0 Å². The van der Waals surface area contributed by atoms with Crippen molar-refractivity contribution in [3.05, 3.63) is 59.9 Å². The number of hydrogen-bond acceptors (Lipinski definition) is 4. The molecule has 2 aromatic carbocycles. The number of fused-ring (bicyclic) bond motifs is 1. The molecule has 0 radical (unpaired) electrons. The molecule has 1 saturated heterocycles. The van der Waals surface area contributed by atoms with E-state index in [-0.39, 0.29) is 11.3 Å². The average molecular weight is 339 g/mol. The number of aromatic amines is 1. The van der Waals surface area contributed by atoms with Gasteiger partial charge in [-0.15, -0.1) is 11.8 Å². The second-order valence-corrected chi connectivity index (χ2v) is 6.70. The van der Waals surface area contributed by atoms with E-state index in [0.717, 1.165) is 28.2 Å². The number of ether oxygens (including phenoxy) is 1. The first kappa shape index (κ1) is 15.1. The van der Waals surface area contributed by atoms with Crippen molar-refractivity contribution < 1.29 is 9.53 Å². The van der Waals surface area contributed by atoms with Crippen molar-refractivity contribution in [3.8, 4) is 5.75 Å². The van der Waals surface area contributed by atoms with E-state index in [1.165, 1.54) is 0 Å². The van der Waals surface area contributed by atoms with Crippen LogP contribution < -0.4 is 4.74 Å². The Morgan fingerprint density at radius 1 is 1.25 bits per heavy atom. The molecule has 6 heteroatoms. The summed E-state index contributed by atoms with van der Waals surface area (Å²) in [7, 11) is 1.66. The van der Waals surface area contributed by atoms with Crippen LogP contribution in [0.15, 0.2) is 48.5 Å². The van der Waals surface area contributed by atoms with Crippen LogP contribution in [0.5, 0.6) is 5.75 Å². The first-order valence-electron chi connectivity index (χ1n) is 7.74. The molecule has 1 amide bonds. The Kier molecular flexibility index (Phi) is 3.90. The second-order valence-electron chi connectivity index (χ2n) is 5.63. The molecule has 0 saturated carbocycles. The summed E-state index contributed by atoms with van der Waals surface area (Å²) in [6.45, 7) is 0.462. The summed E-state index contributed by atoms with van der Waals surface area (Å²) >= 11 is 1.62. The summed E-state index contributed by atoms with van der Waals surface area (Å²) < 4.78 is 5.46. The van der Waals surface area contributed by atoms with E-state index in [0.29, 0.717) is 12.3 Å². The van der Waals surface area contributed by atoms with Gasteiger partial charge in [0, 0.05) is 5.56 Å². The Bertz CT molecular complexity index is 860. The zero-order valence-electron chi connectivity index (χ0n) is 13.2. The molecule has 1 aromatic heterocycles. The fraction of sp³-hybridized carbons (Fsp3) is 0.222. The lowest BCUT2D eigenvalue weighted by Crippen LogP contribution is -2.28. The number of benzene rings is 2. The SMILES string of the molecule is COc1ccccc1C1SCC(=O)N1Cc1nc2ccccc2[nH]1. The summed E-state index contributed by atoms with van der Waals surface area (Å²) in [5.74, 6) is 2.20. The van der Waals surface area contributed by atoms with Crippen molar-refractivity contribution in [1.82, 2.24) is 14.9 Å². The molecule has 1 fully saturated rings. The molecule has 24 heavy (non-hydrogen) atoms. The van der Waals surface area contributed by atoms with Crippen molar-refractivity contribution in [2.24, 2.45) is 0 Å². The normalized spacial score (nSPS) is 17.6. The van der Waals surface area contributed by atoms with Crippen molar-refractivity contribution in [1.29, 1.82) is 0 Å². The molecule has 2 heterocycles. The largest absolute Gasteiger partial charge is 0.496 e. The number of H-pyrrole nitrogens is 1. The van der Waals surface area contributed by atoms with Gasteiger partial charge in [-0.2, -0.15) is 0 Å². The fourth-order valence-corrected chi connectivity index (χ4v) is 4.21. The molecule has 1 unspecified atom stereocenters. The average Bonchev–Trinajstić information content (AvgIpc) is 3.18. The van der Waals surface area contributed by atoms with Crippen LogP contribution in [-0.4, -0.2) is 33.6 Å². The van der Waals surface area contributed by atoms with Gasteiger partial charge in [0.2, 0.25) is 5.91 Å². The zero-order chi connectivity index (χ0) is 16.5. The molecule has 122 valence electrons. The number of carbonyl (C=O) groups is 1. The first-order chi connectivity index (χ1) is 11.8. The molecule has 4 rings (SSSR count). The Labute approximate surface area is 144 Å². The lowest BCUT2D eigenvalue weighted by Gasteiger charge is -2.24. The van der Waals surface area contributed by atoms with Crippen LogP contribution in [0.3, 0.4) is 0 Å². The number of hydrogen-bond donors (Lipinski definition) is 1. The maximum atomic E-state index is 12.4. The minimum atomic E-state index is -0.0538. The van der Waals surface area contributed by atoms with Crippen LogP contribution in [0.4, 0.5) is 0 Å². The van der Waals surface area contributed by atoms with E-state index in [1.807, 2.05) is 53.4 Å². The van der Waals surface area contributed by atoms with Gasteiger partial charge < -0.3 is 14.6 Å². The number of rotatable bonds is 4. The van der Waals surface area contributed by atoms with E-state index in [9.17, 15) is 4.79 Å². The summed E-state index contributed by atoms with van der Waals surface area (Å²) in [6, 6.07) is 15.7. The molecule has 1 atom stereocenters. The van der Waals surface area contributed by atoms with Crippen molar-refractivity contribution in [2.45, 2.75) is 11.9 Å². The van der Waals surface area contributed by atoms with Crippen molar-refractivity contribution in [3.63, 3.8) is 0 Å². The molecular weight excluding hydrogens is 322 g/mol. The lowest BCUT2D eigenvalue weighted by molar-refractivity contribution is -0.128. The second kappa shape index (κ2) is 6.20. The molecule has 0 bridgehead atoms. The predicted molar refractivity (Wildman–Crippen MR) is 94.8 cm³/mol. The van der Waals surface area contributed by atoms with Gasteiger partial charge in [0.15, 0.2) is 0 Å². The first-order valence-corrected chi connectivity index (χ1v) is 8.79. The number of carbonyl (C=O) groups excluding carboxylic acids is 1. The standard InChI is InChI=1S/C18H17N3O2S/c1-23-15-9-5-2-6-12(15)18-21(17(22)11-24-18)10-16-19-13-7-3-4-8-14(13)20-16/h2-9,18H,10-11H2,1H3,(H,19,20). The minimum Gasteiger partial charge on any atom is -0.496 e. The molecule has 0 spiro atoms. The van der Waals surface area contributed by atoms with E-state index >= 15 is 0 Å². The summed E-state index contributed by atoms with van der Waals surface area (Å²) in [5, 5.41) is -0.0538. The Balaban J connectivity index is 1.65. The zero-order valence-corrected chi connectivity index (χ0v) is 14.0. The number of thioether (sulfide) groups is 1. The highest BCUT2D eigenvalue weighted by atomic mass is 32.2. The third-order valence-electron chi connectivity index (χ3n) is 4.13. The number of imidazole rings is 1. The third-order valence-corrected chi connectivity index (χ3v) is 5.37. The molecule has 0 aliphatic carbocycles. The van der Waals surface area contributed by atoms with E-state index in [4.69, 9.17) is 4.74 Å². The summed E-state index contributed by atoms with van der Waals surface area (Å²) in [5.41, 5.74) is 2.92. The molecule has 1 aliphatic rings. The van der Waals surface area contributed by atoms with Gasteiger partial charge in [0.1, 0.15) is 16.9 Å². The highest BCUT2D eigenvalue weighted by Crippen LogP contribution is 2.42. The van der Waals surface area contributed by atoms with Crippen LogP contribution in [0.2, 0.25) is 0 Å².